The Bertz CT molecular complexity index is 636. The van der Waals surface area contributed by atoms with Crippen molar-refractivity contribution in [3.8, 4) is 0 Å². The van der Waals surface area contributed by atoms with E-state index in [4.69, 9.17) is 4.74 Å². The molecule has 10 heteroatoms. The molecule has 0 aromatic carbocycles. The molecule has 2 aliphatic heterocycles. The van der Waals surface area contributed by atoms with Crippen molar-refractivity contribution in [3.63, 3.8) is 0 Å². The summed E-state index contributed by atoms with van der Waals surface area (Å²) in [5, 5.41) is 7.14. The zero-order valence-electron chi connectivity index (χ0n) is 14.5. The Balaban J connectivity index is 0.00000243. The number of nitrogens with zero attached hydrogens (tertiary/aromatic N) is 2. The molecule has 139 valence electrons. The number of likely N-dealkylation sites (tertiary alicyclic amines) is 1. The van der Waals surface area contributed by atoms with Gasteiger partial charge in [0.15, 0.2) is 0 Å². The van der Waals surface area contributed by atoms with Gasteiger partial charge in [0.05, 0.1) is 11.2 Å². The van der Waals surface area contributed by atoms with Crippen LogP contribution in [0.2, 0.25) is 0 Å². The van der Waals surface area contributed by atoms with Crippen molar-refractivity contribution in [1.29, 1.82) is 0 Å². The molecule has 3 unspecified atom stereocenters. The summed E-state index contributed by atoms with van der Waals surface area (Å²) in [6, 6.07) is -1.51. The number of alkyl carbamates (subject to hydrolysis) is 1. The molecule has 26 heavy (non-hydrogen) atoms. The molecule has 1 aromatic rings. The Hall–Kier alpha value is -1.06. The van der Waals surface area contributed by atoms with Crippen molar-refractivity contribution >= 4 is 29.2 Å². The molecule has 1 aromatic heterocycles. The number of carbonyl (C=O) groups is 3. The molecule has 0 saturated carbocycles. The van der Waals surface area contributed by atoms with Crippen LogP contribution in [0, 0.1) is 6.54 Å². The average Bonchev–Trinajstić information content (AvgIpc) is 3.34. The Kier molecular flexibility index (Phi) is 7.97. The number of cyclic esters (lactones) is 1. The van der Waals surface area contributed by atoms with E-state index in [1.165, 1.54) is 11.3 Å². The number of rotatable bonds is 6. The average molecular weight is 454 g/mol. The minimum Gasteiger partial charge on any atom is -0.491 e. The van der Waals surface area contributed by atoms with Crippen LogP contribution in [0.5, 0.6) is 0 Å². The quantitative estimate of drug-likeness (QED) is 0.621. The summed E-state index contributed by atoms with van der Waals surface area (Å²) in [4.78, 5) is 42.7. The Morgan fingerprint density at radius 2 is 2.38 bits per heavy atom. The van der Waals surface area contributed by atoms with Crippen molar-refractivity contribution < 1.29 is 51.8 Å². The summed E-state index contributed by atoms with van der Waals surface area (Å²) in [6.45, 7) is 4.35. The third kappa shape index (κ3) is 5.01. The topological polar surface area (TPSA) is 101 Å². The zero-order valence-corrected chi connectivity index (χ0v) is 18.2. The Morgan fingerprint density at radius 1 is 1.58 bits per heavy atom. The maximum absolute atomic E-state index is 12.8. The van der Waals surface area contributed by atoms with Gasteiger partial charge in [-0.05, 0) is 13.0 Å². The van der Waals surface area contributed by atoms with E-state index in [1.807, 2.05) is 18.8 Å². The SMILES string of the molecule is CCC1OC(=O)NC1C(=O)NC(Cc1cscn1)C(=O)N1[CH-]CCC1.[Y]. The minimum absolute atomic E-state index is 0. The molecule has 0 bridgehead atoms. The van der Waals surface area contributed by atoms with Crippen LogP contribution in [0.3, 0.4) is 0 Å². The molecule has 2 saturated heterocycles. The second kappa shape index (κ2) is 9.76. The van der Waals surface area contributed by atoms with Crippen LogP contribution in [-0.2, 0) is 53.5 Å². The van der Waals surface area contributed by atoms with Crippen molar-refractivity contribution in [3.05, 3.63) is 23.1 Å². The number of carbonyl (C=O) groups excluding carboxylic acids is 3. The molecule has 2 fully saturated rings. The van der Waals surface area contributed by atoms with Crippen molar-refractivity contribution in [2.75, 3.05) is 6.54 Å². The number of amides is 3. The molecular weight excluding hydrogens is 433 g/mol. The number of aromatic nitrogens is 1. The van der Waals surface area contributed by atoms with Gasteiger partial charge in [0.2, 0.25) is 11.8 Å². The molecule has 3 amide bonds. The van der Waals surface area contributed by atoms with Gasteiger partial charge in [0.25, 0.3) is 0 Å². The number of ether oxygens (including phenoxy) is 1. The van der Waals surface area contributed by atoms with Gasteiger partial charge in [0.1, 0.15) is 18.2 Å². The van der Waals surface area contributed by atoms with E-state index in [1.54, 1.807) is 10.4 Å². The first-order valence-electron chi connectivity index (χ1n) is 8.37. The molecule has 2 N–H and O–H groups in total. The number of thiazole rings is 1. The fraction of sp³-hybridized carbons (Fsp3) is 0.562. The van der Waals surface area contributed by atoms with Crippen molar-refractivity contribution in [2.24, 2.45) is 0 Å². The number of nitrogens with one attached hydrogen (secondary N) is 2. The van der Waals surface area contributed by atoms with Gasteiger partial charge in [-0.15, -0.1) is 11.3 Å². The maximum atomic E-state index is 12.8. The molecule has 3 atom stereocenters. The summed E-state index contributed by atoms with van der Waals surface area (Å²) in [5.41, 5.74) is 2.44. The van der Waals surface area contributed by atoms with Crippen LogP contribution in [0.4, 0.5) is 4.79 Å². The predicted octanol–water partition coefficient (Wildman–Crippen LogP) is 0.839. The van der Waals surface area contributed by atoms with E-state index >= 15 is 0 Å². The van der Waals surface area contributed by atoms with E-state index in [2.05, 4.69) is 15.6 Å². The van der Waals surface area contributed by atoms with Crippen molar-refractivity contribution in [2.45, 2.75) is 50.8 Å². The number of hydrogen-bond donors (Lipinski definition) is 2. The van der Waals surface area contributed by atoms with Crippen LogP contribution in [-0.4, -0.2) is 52.5 Å². The van der Waals surface area contributed by atoms with E-state index < -0.39 is 30.2 Å². The summed E-state index contributed by atoms with van der Waals surface area (Å²) >= 11 is 1.44. The fourth-order valence-corrected chi connectivity index (χ4v) is 3.59. The monoisotopic (exact) mass is 454 g/mol. The van der Waals surface area contributed by atoms with Crippen LogP contribution in [0.15, 0.2) is 10.9 Å². The van der Waals surface area contributed by atoms with Crippen LogP contribution >= 0.6 is 11.3 Å². The van der Waals surface area contributed by atoms with Gasteiger partial charge in [-0.3, -0.25) is 9.59 Å². The normalized spacial score (nSPS) is 23.0. The van der Waals surface area contributed by atoms with Gasteiger partial charge < -0.3 is 20.3 Å². The fourth-order valence-electron chi connectivity index (χ4n) is 3.02. The molecule has 2 aliphatic rings. The molecule has 8 nitrogen and oxygen atoms in total. The number of hydrogen-bond acceptors (Lipinski definition) is 6. The first-order valence-corrected chi connectivity index (χ1v) is 9.31. The molecule has 1 radical (unpaired) electrons. The van der Waals surface area contributed by atoms with Gasteiger partial charge in [-0.25, -0.2) is 16.3 Å². The molecule has 0 aliphatic carbocycles. The smallest absolute Gasteiger partial charge is 0.408 e. The largest absolute Gasteiger partial charge is 0.491 e. The summed E-state index contributed by atoms with van der Waals surface area (Å²) in [7, 11) is 0. The van der Waals surface area contributed by atoms with E-state index in [-0.39, 0.29) is 38.6 Å². The maximum Gasteiger partial charge on any atom is 0.408 e. The summed E-state index contributed by atoms with van der Waals surface area (Å²) in [5.74, 6) is -0.567. The third-order valence-corrected chi connectivity index (χ3v) is 4.97. The molecule has 3 heterocycles. The zero-order chi connectivity index (χ0) is 17.8. The van der Waals surface area contributed by atoms with E-state index in [0.29, 0.717) is 19.4 Å². The van der Waals surface area contributed by atoms with Crippen LogP contribution < -0.4 is 10.6 Å². The molecule has 0 spiro atoms. The van der Waals surface area contributed by atoms with Gasteiger partial charge >= 0.3 is 6.09 Å². The Labute approximate surface area is 181 Å². The van der Waals surface area contributed by atoms with Gasteiger partial charge in [-0.2, -0.15) is 6.42 Å². The van der Waals surface area contributed by atoms with E-state index in [9.17, 15) is 14.4 Å². The van der Waals surface area contributed by atoms with Crippen molar-refractivity contribution in [1.82, 2.24) is 20.5 Å². The summed E-state index contributed by atoms with van der Waals surface area (Å²) < 4.78 is 5.07. The molecular formula is C16H21N4O4SY-. The standard InChI is InChI=1S/C16H21N4O4S.Y/c1-2-12-13(19-16(23)24-12)14(21)18-11(7-10-8-25-9-17-10)15(22)20-5-3-4-6-20;/h5,8-9,11-13H,2-4,6-7H2,1H3,(H,18,21)(H,19,23);/q-1;. The van der Waals surface area contributed by atoms with Gasteiger partial charge in [-0.1, -0.05) is 13.3 Å². The van der Waals surface area contributed by atoms with Gasteiger partial charge in [0, 0.05) is 44.5 Å². The summed E-state index contributed by atoms with van der Waals surface area (Å²) in [6.07, 6.45) is 1.47. The first-order chi connectivity index (χ1) is 12.1. The van der Waals surface area contributed by atoms with Crippen LogP contribution in [0.25, 0.3) is 0 Å². The Morgan fingerprint density at radius 3 is 3.00 bits per heavy atom. The molecule has 3 rings (SSSR count). The first kappa shape index (κ1) is 21.2. The second-order valence-corrected chi connectivity index (χ2v) is 6.79. The minimum atomic E-state index is -0.786. The second-order valence-electron chi connectivity index (χ2n) is 6.08. The predicted molar refractivity (Wildman–Crippen MR) is 90.5 cm³/mol. The van der Waals surface area contributed by atoms with Crippen LogP contribution in [0.1, 0.15) is 31.9 Å². The third-order valence-electron chi connectivity index (χ3n) is 4.34. The van der Waals surface area contributed by atoms with E-state index in [0.717, 1.165) is 18.5 Å².